The molecular weight excluding hydrogens is 270 g/mol. The Hall–Kier alpha value is -0.853. The van der Waals surface area contributed by atoms with Crippen LogP contribution in [0.5, 0.6) is 0 Å². The number of phosphoric ester groups is 1. The van der Waals surface area contributed by atoms with Crippen LogP contribution in [0.15, 0.2) is 60.7 Å². The van der Waals surface area contributed by atoms with Gasteiger partial charge in [0, 0.05) is 0 Å². The molecule has 0 aromatic heterocycles. The molecule has 0 aliphatic rings. The van der Waals surface area contributed by atoms with Gasteiger partial charge in [-0.25, -0.2) is 0 Å². The van der Waals surface area contributed by atoms with Crippen LogP contribution >= 0.6 is 7.82 Å². The molecule has 0 aliphatic heterocycles. The van der Waals surface area contributed by atoms with Gasteiger partial charge in [-0.2, -0.15) is 0 Å². The van der Waals surface area contributed by atoms with Gasteiger partial charge in [-0.1, -0.05) is 60.7 Å². The maximum Gasteiger partial charge on any atom is 1.00 e. The summed E-state index contributed by atoms with van der Waals surface area (Å²) in [4.78, 5) is 11.6. The molecule has 6 heteroatoms. The normalized spacial score (nSPS) is 10.8. The van der Waals surface area contributed by atoms with Crippen LogP contribution in [0, 0.1) is 0 Å². The molecule has 0 saturated heterocycles. The Kier molecular flexibility index (Phi) is 7.26. The Bertz CT molecular complexity index is 500. The zero-order chi connectivity index (χ0) is 13.6. The molecule has 0 spiro atoms. The molecule has 0 unspecified atom stereocenters. The number of phosphoric acid groups is 1. The van der Waals surface area contributed by atoms with Crippen LogP contribution in [0.3, 0.4) is 0 Å². The number of hydrogen-bond acceptors (Lipinski definition) is 4. The van der Waals surface area contributed by atoms with E-state index in [0.29, 0.717) is 0 Å². The van der Waals surface area contributed by atoms with Crippen LogP contribution in [0.1, 0.15) is 11.1 Å². The van der Waals surface area contributed by atoms with Gasteiger partial charge in [-0.05, 0) is 11.1 Å². The second-order valence-corrected chi connectivity index (χ2v) is 5.38. The average Bonchev–Trinajstić information content (AvgIpc) is 2.46. The van der Waals surface area contributed by atoms with E-state index in [2.05, 4.69) is 0 Å². The third-order valence-corrected chi connectivity index (χ3v) is 3.35. The Morgan fingerprint density at radius 1 is 0.800 bits per heavy atom. The van der Waals surface area contributed by atoms with Gasteiger partial charge in [0.25, 0.3) is 7.82 Å². The van der Waals surface area contributed by atoms with Crippen molar-refractivity contribution in [3.63, 3.8) is 0 Å². The maximum atomic E-state index is 11.6. The predicted octanol–water partition coefficient (Wildman–Crippen LogP) is -0.108. The molecule has 0 radical (unpaired) electrons. The molecule has 20 heavy (non-hydrogen) atoms. The van der Waals surface area contributed by atoms with Crippen molar-refractivity contribution in [3.8, 4) is 0 Å². The summed E-state index contributed by atoms with van der Waals surface area (Å²) in [5.41, 5.74) is 1.56. The second-order valence-electron chi connectivity index (χ2n) is 3.97. The Morgan fingerprint density at radius 3 is 1.50 bits per heavy atom. The van der Waals surface area contributed by atoms with Crippen molar-refractivity contribution in [1.82, 2.24) is 0 Å². The van der Waals surface area contributed by atoms with Crippen molar-refractivity contribution < 1.29 is 37.4 Å². The van der Waals surface area contributed by atoms with Gasteiger partial charge in [0.05, 0.1) is 13.2 Å². The molecule has 0 atom stereocenters. The van der Waals surface area contributed by atoms with Crippen LogP contribution in [-0.4, -0.2) is 0 Å². The summed E-state index contributed by atoms with van der Waals surface area (Å²) in [6, 6.07) is 18.1. The molecular formula is C14H14LiO4P. The van der Waals surface area contributed by atoms with Crippen LogP contribution in [-0.2, 0) is 26.8 Å². The zero-order valence-corrected chi connectivity index (χ0v) is 12.2. The van der Waals surface area contributed by atoms with Crippen molar-refractivity contribution in [2.75, 3.05) is 0 Å². The fourth-order valence-electron chi connectivity index (χ4n) is 1.49. The van der Waals surface area contributed by atoms with Crippen LogP contribution in [0.4, 0.5) is 0 Å². The van der Waals surface area contributed by atoms with E-state index in [0.717, 1.165) is 11.1 Å². The molecule has 0 saturated carbocycles. The number of hydrogen-bond donors (Lipinski definition) is 0. The minimum atomic E-state index is -4.27. The SMILES string of the molecule is O=P([O-])(OCc1ccccc1)OCc1ccccc1.[Li+]. The van der Waals surface area contributed by atoms with E-state index in [1.807, 2.05) is 36.4 Å². The first-order chi connectivity index (χ1) is 9.16. The van der Waals surface area contributed by atoms with Crippen LogP contribution in [0.2, 0.25) is 0 Å². The molecule has 0 heterocycles. The van der Waals surface area contributed by atoms with Crippen molar-refractivity contribution in [2.24, 2.45) is 0 Å². The summed E-state index contributed by atoms with van der Waals surface area (Å²) in [7, 11) is -4.27. The van der Waals surface area contributed by atoms with E-state index in [9.17, 15) is 9.46 Å². The Balaban J connectivity index is 0.00000200. The van der Waals surface area contributed by atoms with Gasteiger partial charge < -0.3 is 13.9 Å². The molecule has 0 fully saturated rings. The molecule has 0 amide bonds. The first kappa shape index (κ1) is 17.2. The molecule has 100 valence electrons. The van der Waals surface area contributed by atoms with Gasteiger partial charge in [-0.3, -0.25) is 4.57 Å². The molecule has 4 nitrogen and oxygen atoms in total. The summed E-state index contributed by atoms with van der Waals surface area (Å²) in [5, 5.41) is 0. The predicted molar refractivity (Wildman–Crippen MR) is 70.1 cm³/mol. The van der Waals surface area contributed by atoms with E-state index in [4.69, 9.17) is 9.05 Å². The van der Waals surface area contributed by atoms with Crippen molar-refractivity contribution in [2.45, 2.75) is 13.2 Å². The molecule has 2 rings (SSSR count). The molecule has 2 aromatic rings. The third-order valence-electron chi connectivity index (χ3n) is 2.46. The van der Waals surface area contributed by atoms with Gasteiger partial charge in [-0.15, -0.1) is 0 Å². The molecule has 0 aliphatic carbocycles. The average molecular weight is 284 g/mol. The zero-order valence-electron chi connectivity index (χ0n) is 11.3. The summed E-state index contributed by atoms with van der Waals surface area (Å²) >= 11 is 0. The molecule has 0 N–H and O–H groups in total. The first-order valence-electron chi connectivity index (χ1n) is 5.84. The minimum absolute atomic E-state index is 0. The fraction of sp³-hybridized carbons (Fsp3) is 0.143. The maximum absolute atomic E-state index is 11.6. The second kappa shape index (κ2) is 8.44. The Morgan fingerprint density at radius 2 is 1.15 bits per heavy atom. The van der Waals surface area contributed by atoms with E-state index in [1.165, 1.54) is 0 Å². The largest absolute Gasteiger partial charge is 1.00 e. The van der Waals surface area contributed by atoms with Crippen molar-refractivity contribution in [1.29, 1.82) is 0 Å². The molecule has 0 bridgehead atoms. The van der Waals surface area contributed by atoms with Crippen LogP contribution in [0.25, 0.3) is 0 Å². The summed E-state index contributed by atoms with van der Waals surface area (Å²) in [6.45, 7) is -0.0349. The summed E-state index contributed by atoms with van der Waals surface area (Å²) in [5.74, 6) is 0. The number of benzene rings is 2. The van der Waals surface area contributed by atoms with E-state index >= 15 is 0 Å². The molecule has 2 aromatic carbocycles. The minimum Gasteiger partial charge on any atom is -0.756 e. The van der Waals surface area contributed by atoms with Crippen molar-refractivity contribution in [3.05, 3.63) is 71.8 Å². The fourth-order valence-corrected chi connectivity index (χ4v) is 2.18. The Labute approximate surface area is 130 Å². The van der Waals surface area contributed by atoms with Crippen LogP contribution < -0.4 is 23.8 Å². The number of rotatable bonds is 6. The van der Waals surface area contributed by atoms with E-state index in [-0.39, 0.29) is 32.1 Å². The first-order valence-corrected chi connectivity index (χ1v) is 7.30. The van der Waals surface area contributed by atoms with Gasteiger partial charge in [0.2, 0.25) is 0 Å². The third kappa shape index (κ3) is 6.07. The van der Waals surface area contributed by atoms with E-state index < -0.39 is 7.82 Å². The smallest absolute Gasteiger partial charge is 0.756 e. The summed E-state index contributed by atoms with van der Waals surface area (Å²) < 4.78 is 21.2. The van der Waals surface area contributed by atoms with Gasteiger partial charge in [0.1, 0.15) is 0 Å². The summed E-state index contributed by atoms with van der Waals surface area (Å²) in [6.07, 6.45) is 0. The van der Waals surface area contributed by atoms with Crippen molar-refractivity contribution >= 4 is 7.82 Å². The van der Waals surface area contributed by atoms with Gasteiger partial charge in [0.15, 0.2) is 0 Å². The monoisotopic (exact) mass is 284 g/mol. The van der Waals surface area contributed by atoms with E-state index in [1.54, 1.807) is 24.3 Å². The van der Waals surface area contributed by atoms with Gasteiger partial charge >= 0.3 is 18.9 Å². The topological polar surface area (TPSA) is 58.6 Å². The quantitative estimate of drug-likeness (QED) is 0.549. The standard InChI is InChI=1S/C14H15O4P.Li/c15-19(16,17-11-13-7-3-1-4-8-13)18-12-14-9-5-2-6-10-14;/h1-10H,11-12H2,(H,15,16);/q;+1/p-1.